The van der Waals surface area contributed by atoms with Crippen molar-refractivity contribution in [3.63, 3.8) is 0 Å². The summed E-state index contributed by atoms with van der Waals surface area (Å²) >= 11 is 5.58. The third-order valence-electron chi connectivity index (χ3n) is 1.72. The van der Waals surface area contributed by atoms with Crippen LogP contribution in [-0.2, 0) is 6.18 Å². The van der Waals surface area contributed by atoms with Gasteiger partial charge in [0.15, 0.2) is 0 Å². The number of nitrogens with zero attached hydrogens (tertiary/aromatic N) is 1. The molecule has 0 amide bonds. The molecule has 1 aromatic carbocycles. The van der Waals surface area contributed by atoms with Gasteiger partial charge in [0, 0.05) is 5.56 Å². The molecule has 0 saturated carbocycles. The number of hydrogen-bond donors (Lipinski definition) is 3. The highest BCUT2D eigenvalue weighted by Crippen LogP contribution is 2.35. The van der Waals surface area contributed by atoms with Gasteiger partial charge in [-0.2, -0.15) is 18.3 Å². The summed E-state index contributed by atoms with van der Waals surface area (Å²) in [5.74, 6) is -0.427. The van der Waals surface area contributed by atoms with E-state index in [0.717, 1.165) is 12.3 Å². The normalized spacial score (nSPS) is 11.1. The second-order valence-electron chi connectivity index (χ2n) is 2.99. The van der Waals surface area contributed by atoms with Crippen LogP contribution in [0.5, 0.6) is 0 Å². The fourth-order valence-electron chi connectivity index (χ4n) is 1.04. The average Bonchev–Trinajstić information content (AvgIpc) is 2.18. The Bertz CT molecular complexity index is 460. The first-order chi connectivity index (χ1) is 7.82. The van der Waals surface area contributed by atoms with Crippen LogP contribution in [0.4, 0.5) is 13.2 Å². The molecule has 0 heterocycles. The summed E-state index contributed by atoms with van der Waals surface area (Å²) < 4.78 is 37.4. The van der Waals surface area contributed by atoms with Crippen molar-refractivity contribution >= 4 is 36.2 Å². The van der Waals surface area contributed by atoms with E-state index in [9.17, 15) is 13.2 Å². The predicted octanol–water partition coefficient (Wildman–Crippen LogP) is 2.60. The Kier molecular flexibility index (Phi) is 5.93. The standard InChI is InChI=1S/C9H8ClF3N4.ClH/c10-7-5(4-16-17-8(14)15)2-1-3-6(7)9(11,12)13;/h1-4H,(H4,14,15,17);1H/b16-4+;. The lowest BCUT2D eigenvalue weighted by Crippen LogP contribution is -2.25. The highest BCUT2D eigenvalue weighted by Gasteiger charge is 2.33. The van der Waals surface area contributed by atoms with Gasteiger partial charge in [0.05, 0.1) is 16.8 Å². The molecule has 0 aromatic heterocycles. The van der Waals surface area contributed by atoms with Crippen LogP contribution < -0.4 is 11.2 Å². The number of halogens is 5. The van der Waals surface area contributed by atoms with Crippen LogP contribution in [0.15, 0.2) is 23.3 Å². The van der Waals surface area contributed by atoms with E-state index < -0.39 is 22.7 Å². The van der Waals surface area contributed by atoms with Gasteiger partial charge in [0.1, 0.15) is 0 Å². The summed E-state index contributed by atoms with van der Waals surface area (Å²) in [6.45, 7) is 0. The zero-order valence-electron chi connectivity index (χ0n) is 8.75. The van der Waals surface area contributed by atoms with Crippen LogP contribution in [0.2, 0.25) is 5.02 Å². The minimum atomic E-state index is -4.52. The van der Waals surface area contributed by atoms with Crippen molar-refractivity contribution < 1.29 is 13.2 Å². The van der Waals surface area contributed by atoms with Gasteiger partial charge in [-0.15, -0.1) is 12.4 Å². The Morgan fingerprint density at radius 3 is 2.56 bits per heavy atom. The number of guanidine groups is 1. The largest absolute Gasteiger partial charge is 0.417 e. The topological polar surface area (TPSA) is 74.3 Å². The van der Waals surface area contributed by atoms with Gasteiger partial charge in [-0.25, -0.2) is 5.43 Å². The zero-order chi connectivity index (χ0) is 13.1. The van der Waals surface area contributed by atoms with Gasteiger partial charge in [0.2, 0.25) is 5.96 Å². The van der Waals surface area contributed by atoms with E-state index in [0.29, 0.717) is 0 Å². The predicted molar refractivity (Wildman–Crippen MR) is 66.3 cm³/mol. The van der Waals surface area contributed by atoms with Gasteiger partial charge in [-0.05, 0) is 6.07 Å². The molecular weight excluding hydrogens is 292 g/mol. The van der Waals surface area contributed by atoms with Crippen molar-refractivity contribution in [1.29, 1.82) is 5.41 Å². The molecule has 4 nitrogen and oxygen atoms in total. The first kappa shape index (κ1) is 16.5. The number of rotatable bonds is 2. The van der Waals surface area contributed by atoms with Crippen molar-refractivity contribution in [2.24, 2.45) is 10.8 Å². The summed E-state index contributed by atoms with van der Waals surface area (Å²) in [6, 6.07) is 3.45. The van der Waals surface area contributed by atoms with Crippen LogP contribution in [0.25, 0.3) is 0 Å². The first-order valence-corrected chi connectivity index (χ1v) is 4.69. The quantitative estimate of drug-likeness (QED) is 0.446. The van der Waals surface area contributed by atoms with E-state index >= 15 is 0 Å². The number of benzene rings is 1. The molecule has 0 fully saturated rings. The van der Waals surface area contributed by atoms with Crippen molar-refractivity contribution in [3.8, 4) is 0 Å². The van der Waals surface area contributed by atoms with E-state index in [1.807, 2.05) is 0 Å². The SMILES string of the molecule is Cl.N=C(N)N/N=C/c1cccc(C(F)(F)F)c1Cl. The Hall–Kier alpha value is -1.47. The summed E-state index contributed by atoms with van der Waals surface area (Å²) in [4.78, 5) is 0. The van der Waals surface area contributed by atoms with Crippen molar-refractivity contribution in [2.45, 2.75) is 6.18 Å². The molecule has 0 aliphatic rings. The van der Waals surface area contributed by atoms with E-state index in [1.165, 1.54) is 12.1 Å². The van der Waals surface area contributed by atoms with E-state index in [2.05, 4.69) is 10.5 Å². The average molecular weight is 301 g/mol. The van der Waals surface area contributed by atoms with Gasteiger partial charge >= 0.3 is 6.18 Å². The van der Waals surface area contributed by atoms with Crippen molar-refractivity contribution in [1.82, 2.24) is 5.43 Å². The molecule has 0 aliphatic carbocycles. The molecule has 0 unspecified atom stereocenters. The summed E-state index contributed by atoms with van der Waals surface area (Å²) in [6.07, 6.45) is -3.46. The second kappa shape index (κ2) is 6.46. The minimum Gasteiger partial charge on any atom is -0.369 e. The Labute approximate surface area is 112 Å². The lowest BCUT2D eigenvalue weighted by atomic mass is 10.1. The monoisotopic (exact) mass is 300 g/mol. The molecular formula is C9H9Cl2F3N4. The maximum Gasteiger partial charge on any atom is 0.417 e. The van der Waals surface area contributed by atoms with Crippen LogP contribution in [0.1, 0.15) is 11.1 Å². The first-order valence-electron chi connectivity index (χ1n) is 4.31. The van der Waals surface area contributed by atoms with E-state index in [4.69, 9.17) is 22.7 Å². The molecule has 100 valence electrons. The summed E-state index contributed by atoms with van der Waals surface area (Å²) in [5, 5.41) is 9.79. The molecule has 0 saturated heterocycles. The highest BCUT2D eigenvalue weighted by molar-refractivity contribution is 6.33. The van der Waals surface area contributed by atoms with Crippen molar-refractivity contribution in [3.05, 3.63) is 34.3 Å². The molecule has 0 radical (unpaired) electrons. The molecule has 4 N–H and O–H groups in total. The summed E-state index contributed by atoms with van der Waals surface area (Å²) in [7, 11) is 0. The molecule has 1 aromatic rings. The smallest absolute Gasteiger partial charge is 0.369 e. The Balaban J connectivity index is 0.00000289. The van der Waals surface area contributed by atoms with Gasteiger partial charge in [-0.3, -0.25) is 5.41 Å². The molecule has 18 heavy (non-hydrogen) atoms. The van der Waals surface area contributed by atoms with Gasteiger partial charge in [-0.1, -0.05) is 23.7 Å². The number of hydrogen-bond acceptors (Lipinski definition) is 2. The molecule has 0 bridgehead atoms. The van der Waals surface area contributed by atoms with Crippen LogP contribution in [-0.4, -0.2) is 12.2 Å². The Morgan fingerprint density at radius 1 is 1.44 bits per heavy atom. The lowest BCUT2D eigenvalue weighted by molar-refractivity contribution is -0.137. The number of alkyl halides is 3. The van der Waals surface area contributed by atoms with Crippen LogP contribution in [0, 0.1) is 5.41 Å². The summed E-state index contributed by atoms with van der Waals surface area (Å²) in [5.41, 5.74) is 6.15. The maximum absolute atomic E-state index is 12.5. The molecule has 0 spiro atoms. The number of nitrogens with two attached hydrogens (primary N) is 1. The fourth-order valence-corrected chi connectivity index (χ4v) is 1.32. The van der Waals surface area contributed by atoms with Crippen LogP contribution in [0.3, 0.4) is 0 Å². The van der Waals surface area contributed by atoms with Gasteiger partial charge < -0.3 is 5.73 Å². The lowest BCUT2D eigenvalue weighted by Gasteiger charge is -2.09. The van der Waals surface area contributed by atoms with Crippen molar-refractivity contribution in [2.75, 3.05) is 0 Å². The zero-order valence-corrected chi connectivity index (χ0v) is 10.3. The maximum atomic E-state index is 12.5. The van der Waals surface area contributed by atoms with Crippen LogP contribution >= 0.6 is 24.0 Å². The van der Waals surface area contributed by atoms with Gasteiger partial charge in [0.25, 0.3) is 0 Å². The fraction of sp³-hybridized carbons (Fsp3) is 0.111. The second-order valence-corrected chi connectivity index (χ2v) is 3.37. The molecule has 0 aliphatic heterocycles. The third-order valence-corrected chi connectivity index (χ3v) is 2.14. The molecule has 1 rings (SSSR count). The van der Waals surface area contributed by atoms with E-state index in [1.54, 1.807) is 0 Å². The molecule has 9 heteroatoms. The van der Waals surface area contributed by atoms with E-state index in [-0.39, 0.29) is 18.0 Å². The number of hydrazone groups is 1. The molecule has 0 atom stereocenters. The third kappa shape index (κ3) is 4.42. The highest BCUT2D eigenvalue weighted by atomic mass is 35.5. The Morgan fingerprint density at radius 2 is 2.06 bits per heavy atom. The number of nitrogens with one attached hydrogen (secondary N) is 2. The minimum absolute atomic E-state index is 0.